The van der Waals surface area contributed by atoms with Crippen molar-refractivity contribution >= 4 is 0 Å². The zero-order chi connectivity index (χ0) is 13.5. The summed E-state index contributed by atoms with van der Waals surface area (Å²) in [6, 6.07) is 4.27. The average molecular weight is 244 g/mol. The predicted octanol–water partition coefficient (Wildman–Crippen LogP) is 4.61. The molecule has 1 aromatic carbocycles. The highest BCUT2D eigenvalue weighted by atomic mass is 16.5. The minimum absolute atomic E-state index is 0.481. The third-order valence-corrected chi connectivity index (χ3v) is 3.52. The summed E-state index contributed by atoms with van der Waals surface area (Å²) in [6.07, 6.45) is 8.63. The van der Waals surface area contributed by atoms with E-state index in [0.29, 0.717) is 12.5 Å². The summed E-state index contributed by atoms with van der Waals surface area (Å²) in [5.41, 5.74) is 3.96. The summed E-state index contributed by atoms with van der Waals surface area (Å²) in [7, 11) is 0. The van der Waals surface area contributed by atoms with Crippen LogP contribution in [0.1, 0.15) is 55.7 Å². The van der Waals surface area contributed by atoms with Crippen LogP contribution in [0.4, 0.5) is 0 Å². The summed E-state index contributed by atoms with van der Waals surface area (Å²) in [5, 5.41) is 0. The third kappa shape index (κ3) is 3.29. The Morgan fingerprint density at radius 1 is 1.22 bits per heavy atom. The molecule has 0 spiro atoms. The second kappa shape index (κ2) is 7.11. The second-order valence-corrected chi connectivity index (χ2v) is 4.73. The fourth-order valence-electron chi connectivity index (χ4n) is 2.43. The van der Waals surface area contributed by atoms with E-state index in [1.165, 1.54) is 16.7 Å². The molecule has 0 N–H and O–H groups in total. The van der Waals surface area contributed by atoms with E-state index in [-0.39, 0.29) is 0 Å². The Balaban J connectivity index is 3.09. The SMILES string of the molecule is C#CCC(CCC)c1ccc(OCC)c(C)c1C. The Bertz CT molecular complexity index is 426. The molecule has 1 rings (SSSR count). The highest BCUT2D eigenvalue weighted by molar-refractivity contribution is 5.45. The standard InChI is InChI=1S/C17H24O/c1-6-9-15(10-7-2)16-11-12-17(18-8-3)14(5)13(16)4/h1,11-12,15H,7-10H2,2-5H3. The third-order valence-electron chi connectivity index (χ3n) is 3.52. The molecule has 0 bridgehead atoms. The van der Waals surface area contributed by atoms with E-state index in [0.717, 1.165) is 25.0 Å². The molecule has 0 amide bonds. The van der Waals surface area contributed by atoms with Crippen LogP contribution >= 0.6 is 0 Å². The topological polar surface area (TPSA) is 9.23 Å². The maximum Gasteiger partial charge on any atom is 0.122 e. The van der Waals surface area contributed by atoms with Crippen molar-refractivity contribution < 1.29 is 4.74 Å². The van der Waals surface area contributed by atoms with Gasteiger partial charge in [-0.15, -0.1) is 12.3 Å². The van der Waals surface area contributed by atoms with E-state index < -0.39 is 0 Å². The van der Waals surface area contributed by atoms with Gasteiger partial charge in [-0.3, -0.25) is 0 Å². The summed E-state index contributed by atoms with van der Waals surface area (Å²) in [4.78, 5) is 0. The van der Waals surface area contributed by atoms with Gasteiger partial charge in [0.2, 0.25) is 0 Å². The second-order valence-electron chi connectivity index (χ2n) is 4.73. The molecule has 0 saturated carbocycles. The molecule has 0 aliphatic carbocycles. The molecular weight excluding hydrogens is 220 g/mol. The Hall–Kier alpha value is -1.42. The molecule has 1 atom stereocenters. The summed E-state index contributed by atoms with van der Waals surface area (Å²) in [6.45, 7) is 9.23. The van der Waals surface area contributed by atoms with Crippen molar-refractivity contribution in [1.82, 2.24) is 0 Å². The van der Waals surface area contributed by atoms with Gasteiger partial charge in [0.15, 0.2) is 0 Å². The van der Waals surface area contributed by atoms with Gasteiger partial charge in [0.05, 0.1) is 6.61 Å². The summed E-state index contributed by atoms with van der Waals surface area (Å²) >= 11 is 0. The van der Waals surface area contributed by atoms with Gasteiger partial charge in [-0.05, 0) is 55.9 Å². The van der Waals surface area contributed by atoms with Crippen molar-refractivity contribution in [1.29, 1.82) is 0 Å². The number of rotatable bonds is 6. The largest absolute Gasteiger partial charge is 0.494 e. The van der Waals surface area contributed by atoms with E-state index in [4.69, 9.17) is 11.2 Å². The van der Waals surface area contributed by atoms with E-state index in [9.17, 15) is 0 Å². The number of hydrogen-bond donors (Lipinski definition) is 0. The van der Waals surface area contributed by atoms with Gasteiger partial charge in [0.25, 0.3) is 0 Å². The fraction of sp³-hybridized carbons (Fsp3) is 0.529. The number of terminal acetylenes is 1. The minimum atomic E-state index is 0.481. The maximum atomic E-state index is 5.63. The lowest BCUT2D eigenvalue weighted by Gasteiger charge is -2.20. The number of ether oxygens (including phenoxy) is 1. The van der Waals surface area contributed by atoms with Crippen LogP contribution in [0.25, 0.3) is 0 Å². The molecule has 1 aromatic rings. The zero-order valence-electron chi connectivity index (χ0n) is 12.0. The first kappa shape index (κ1) is 14.6. The van der Waals surface area contributed by atoms with Gasteiger partial charge in [-0.25, -0.2) is 0 Å². The Labute approximate surface area is 112 Å². The van der Waals surface area contributed by atoms with Crippen LogP contribution in [-0.2, 0) is 0 Å². The zero-order valence-corrected chi connectivity index (χ0v) is 12.0. The molecule has 0 heterocycles. The first-order valence-electron chi connectivity index (χ1n) is 6.82. The van der Waals surface area contributed by atoms with Crippen LogP contribution in [-0.4, -0.2) is 6.61 Å². The van der Waals surface area contributed by atoms with Crippen molar-refractivity contribution in [2.24, 2.45) is 0 Å². The minimum Gasteiger partial charge on any atom is -0.494 e. The molecule has 0 aliphatic rings. The van der Waals surface area contributed by atoms with E-state index in [2.05, 4.69) is 38.8 Å². The Morgan fingerprint density at radius 2 is 1.94 bits per heavy atom. The number of benzene rings is 1. The molecule has 1 heteroatoms. The van der Waals surface area contributed by atoms with Gasteiger partial charge < -0.3 is 4.74 Å². The highest BCUT2D eigenvalue weighted by Crippen LogP contribution is 2.32. The van der Waals surface area contributed by atoms with E-state index in [1.54, 1.807) is 0 Å². The van der Waals surface area contributed by atoms with Crippen molar-refractivity contribution in [3.8, 4) is 18.1 Å². The lowest BCUT2D eigenvalue weighted by atomic mass is 9.87. The van der Waals surface area contributed by atoms with Crippen LogP contribution in [0.15, 0.2) is 12.1 Å². The van der Waals surface area contributed by atoms with Gasteiger partial charge in [0.1, 0.15) is 5.75 Å². The molecule has 0 aromatic heterocycles. The molecule has 18 heavy (non-hydrogen) atoms. The Kier molecular flexibility index (Phi) is 5.78. The van der Waals surface area contributed by atoms with Crippen molar-refractivity contribution in [3.05, 3.63) is 28.8 Å². The normalized spacial score (nSPS) is 11.9. The molecule has 1 nitrogen and oxygen atoms in total. The monoisotopic (exact) mass is 244 g/mol. The van der Waals surface area contributed by atoms with Gasteiger partial charge in [0, 0.05) is 6.42 Å². The van der Waals surface area contributed by atoms with Gasteiger partial charge >= 0.3 is 0 Å². The smallest absolute Gasteiger partial charge is 0.122 e. The molecule has 0 fully saturated rings. The van der Waals surface area contributed by atoms with E-state index >= 15 is 0 Å². The van der Waals surface area contributed by atoms with Gasteiger partial charge in [-0.1, -0.05) is 19.4 Å². The predicted molar refractivity (Wildman–Crippen MR) is 78.2 cm³/mol. The maximum absolute atomic E-state index is 5.63. The number of hydrogen-bond acceptors (Lipinski definition) is 1. The van der Waals surface area contributed by atoms with Crippen molar-refractivity contribution in [2.45, 2.75) is 52.9 Å². The lowest BCUT2D eigenvalue weighted by molar-refractivity contribution is 0.337. The molecule has 0 saturated heterocycles. The lowest BCUT2D eigenvalue weighted by Crippen LogP contribution is -2.04. The van der Waals surface area contributed by atoms with Crippen molar-refractivity contribution in [2.75, 3.05) is 6.61 Å². The average Bonchev–Trinajstić information content (AvgIpc) is 2.35. The first-order valence-corrected chi connectivity index (χ1v) is 6.82. The van der Waals surface area contributed by atoms with Crippen LogP contribution in [0.3, 0.4) is 0 Å². The highest BCUT2D eigenvalue weighted by Gasteiger charge is 2.15. The quantitative estimate of drug-likeness (QED) is 0.664. The summed E-state index contributed by atoms with van der Waals surface area (Å²) < 4.78 is 5.63. The van der Waals surface area contributed by atoms with Crippen molar-refractivity contribution in [3.63, 3.8) is 0 Å². The van der Waals surface area contributed by atoms with Crippen LogP contribution in [0, 0.1) is 26.2 Å². The molecule has 0 aliphatic heterocycles. The van der Waals surface area contributed by atoms with Crippen LogP contribution in [0.5, 0.6) is 5.75 Å². The Morgan fingerprint density at radius 3 is 2.50 bits per heavy atom. The molecule has 98 valence electrons. The fourth-order valence-corrected chi connectivity index (χ4v) is 2.43. The molecular formula is C17H24O. The van der Waals surface area contributed by atoms with Gasteiger partial charge in [-0.2, -0.15) is 0 Å². The van der Waals surface area contributed by atoms with E-state index in [1.807, 2.05) is 6.92 Å². The first-order chi connectivity index (χ1) is 8.65. The molecule has 1 unspecified atom stereocenters. The van der Waals surface area contributed by atoms with Crippen LogP contribution < -0.4 is 4.74 Å². The molecule has 0 radical (unpaired) electrons. The van der Waals surface area contributed by atoms with Crippen LogP contribution in [0.2, 0.25) is 0 Å². The summed E-state index contributed by atoms with van der Waals surface area (Å²) in [5.74, 6) is 4.28.